The summed E-state index contributed by atoms with van der Waals surface area (Å²) in [4.78, 5) is 12.4. The van der Waals surface area contributed by atoms with Crippen LogP contribution >= 0.6 is 12.4 Å². The third-order valence-electron chi connectivity index (χ3n) is 3.62. The van der Waals surface area contributed by atoms with Crippen molar-refractivity contribution in [2.75, 3.05) is 26.3 Å². The summed E-state index contributed by atoms with van der Waals surface area (Å²) in [6, 6.07) is 2.67. The fourth-order valence-corrected chi connectivity index (χ4v) is 2.47. The summed E-state index contributed by atoms with van der Waals surface area (Å²) in [5, 5.41) is 5.69. The van der Waals surface area contributed by atoms with Gasteiger partial charge in [0.25, 0.3) is 5.91 Å². The Labute approximate surface area is 163 Å². The number of carbonyl (C=O) groups excluding carboxylic acids is 1. The van der Waals surface area contributed by atoms with Crippen LogP contribution in [-0.2, 0) is 0 Å². The number of amides is 1. The van der Waals surface area contributed by atoms with Gasteiger partial charge in [0, 0.05) is 12.6 Å². The molecule has 0 aromatic heterocycles. The molecule has 0 spiro atoms. The summed E-state index contributed by atoms with van der Waals surface area (Å²) in [6.07, 6.45) is -7.76. The molecule has 0 aliphatic carbocycles. The molecule has 1 aliphatic rings. The third kappa shape index (κ3) is 8.42. The second-order valence-electron chi connectivity index (χ2n) is 5.98. The van der Waals surface area contributed by atoms with E-state index in [0.717, 1.165) is 31.2 Å². The third-order valence-corrected chi connectivity index (χ3v) is 3.62. The number of alkyl halides is 6. The summed E-state index contributed by atoms with van der Waals surface area (Å²) in [5.41, 5.74) is -0.329. The molecule has 2 N–H and O–H groups in total. The molecular formula is C16H19ClF6N2O3. The monoisotopic (exact) mass is 436 g/mol. The number of benzene rings is 1. The highest BCUT2D eigenvalue weighted by Gasteiger charge is 2.31. The molecule has 0 bridgehead atoms. The summed E-state index contributed by atoms with van der Waals surface area (Å²) >= 11 is 0. The van der Waals surface area contributed by atoms with Gasteiger partial charge in [-0.3, -0.25) is 4.79 Å². The van der Waals surface area contributed by atoms with Crippen LogP contribution in [0.4, 0.5) is 26.3 Å². The molecule has 12 heteroatoms. The van der Waals surface area contributed by atoms with Gasteiger partial charge in [0.05, 0.1) is 5.56 Å². The molecule has 0 saturated carbocycles. The van der Waals surface area contributed by atoms with E-state index >= 15 is 0 Å². The first-order valence-corrected chi connectivity index (χ1v) is 8.08. The Hall–Kier alpha value is -1.88. The Morgan fingerprint density at radius 1 is 1.11 bits per heavy atom. The van der Waals surface area contributed by atoms with Crippen molar-refractivity contribution < 1.29 is 40.6 Å². The number of rotatable bonds is 6. The van der Waals surface area contributed by atoms with Gasteiger partial charge in [-0.15, -0.1) is 12.4 Å². The largest absolute Gasteiger partial charge is 0.484 e. The van der Waals surface area contributed by atoms with E-state index in [0.29, 0.717) is 13.0 Å². The van der Waals surface area contributed by atoms with Gasteiger partial charge < -0.3 is 20.1 Å². The second kappa shape index (κ2) is 10.1. The first-order valence-electron chi connectivity index (χ1n) is 8.08. The van der Waals surface area contributed by atoms with Crippen molar-refractivity contribution in [3.63, 3.8) is 0 Å². The minimum absolute atomic E-state index is 0. The smallest absolute Gasteiger partial charge is 0.422 e. The Morgan fingerprint density at radius 2 is 1.75 bits per heavy atom. The lowest BCUT2D eigenvalue weighted by atomic mass is 10.1. The average Bonchev–Trinajstić information content (AvgIpc) is 2.58. The van der Waals surface area contributed by atoms with Crippen molar-refractivity contribution in [1.29, 1.82) is 0 Å². The number of carbonyl (C=O) groups is 1. The lowest BCUT2D eigenvalue weighted by molar-refractivity contribution is -0.154. The zero-order valence-electron chi connectivity index (χ0n) is 14.5. The van der Waals surface area contributed by atoms with E-state index in [4.69, 9.17) is 0 Å². The predicted octanol–water partition coefficient (Wildman–Crippen LogP) is 3.47. The summed E-state index contributed by atoms with van der Waals surface area (Å²) in [7, 11) is 0. The van der Waals surface area contributed by atoms with Gasteiger partial charge in [-0.2, -0.15) is 26.3 Å². The number of piperidine rings is 1. The number of nitrogens with one attached hydrogen (secondary N) is 2. The van der Waals surface area contributed by atoms with Gasteiger partial charge in [-0.25, -0.2) is 0 Å². The maximum atomic E-state index is 12.4. The average molecular weight is 437 g/mol. The van der Waals surface area contributed by atoms with Gasteiger partial charge >= 0.3 is 12.4 Å². The van der Waals surface area contributed by atoms with Crippen molar-refractivity contribution in [2.24, 2.45) is 0 Å². The van der Waals surface area contributed by atoms with Crippen molar-refractivity contribution in [1.82, 2.24) is 10.6 Å². The molecule has 1 fully saturated rings. The first kappa shape index (κ1) is 24.2. The van der Waals surface area contributed by atoms with E-state index in [1.165, 1.54) is 0 Å². The Kier molecular flexibility index (Phi) is 8.68. The molecule has 1 aromatic rings. The number of hydrogen-bond acceptors (Lipinski definition) is 4. The lowest BCUT2D eigenvalue weighted by Crippen LogP contribution is -2.45. The quantitative estimate of drug-likeness (QED) is 0.670. The van der Waals surface area contributed by atoms with Crippen molar-refractivity contribution in [3.8, 4) is 11.5 Å². The minimum atomic E-state index is -4.63. The van der Waals surface area contributed by atoms with E-state index in [9.17, 15) is 31.1 Å². The highest BCUT2D eigenvalue weighted by Crippen LogP contribution is 2.28. The van der Waals surface area contributed by atoms with Crippen LogP contribution in [0.2, 0.25) is 0 Å². The standard InChI is InChI=1S/C16H18F6N2O3.ClH/c17-15(18,19)8-26-11-3-4-13(27-9-16(20,21)22)12(6-11)14(25)24-10-2-1-5-23-7-10;/h3-4,6,10,23H,1-2,5,7-9H2,(H,24,25);1H. The summed E-state index contributed by atoms with van der Waals surface area (Å²) in [6.45, 7) is -1.97. The van der Waals surface area contributed by atoms with E-state index in [-0.39, 0.29) is 29.8 Å². The normalized spacial score (nSPS) is 17.4. The van der Waals surface area contributed by atoms with E-state index in [1.807, 2.05) is 0 Å². The molecular weight excluding hydrogens is 418 g/mol. The van der Waals surface area contributed by atoms with Crippen LogP contribution in [0, 0.1) is 0 Å². The number of halogens is 7. The molecule has 5 nitrogen and oxygen atoms in total. The molecule has 160 valence electrons. The van der Waals surface area contributed by atoms with Gasteiger partial charge in [-0.05, 0) is 37.6 Å². The Bertz CT molecular complexity index is 648. The summed E-state index contributed by atoms with van der Waals surface area (Å²) in [5.74, 6) is -1.45. The molecule has 1 aromatic carbocycles. The SMILES string of the molecule is Cl.O=C(NC1CCCNC1)c1cc(OCC(F)(F)F)ccc1OCC(F)(F)F. The van der Waals surface area contributed by atoms with E-state index in [1.54, 1.807) is 0 Å². The first-order chi connectivity index (χ1) is 12.5. The van der Waals surface area contributed by atoms with E-state index < -0.39 is 37.2 Å². The van der Waals surface area contributed by atoms with Crippen molar-refractivity contribution in [3.05, 3.63) is 23.8 Å². The zero-order valence-corrected chi connectivity index (χ0v) is 15.3. The molecule has 1 atom stereocenters. The van der Waals surface area contributed by atoms with Crippen LogP contribution in [0.25, 0.3) is 0 Å². The fourth-order valence-electron chi connectivity index (χ4n) is 2.47. The van der Waals surface area contributed by atoms with Gasteiger partial charge in [0.1, 0.15) is 11.5 Å². The van der Waals surface area contributed by atoms with E-state index in [2.05, 4.69) is 20.1 Å². The van der Waals surface area contributed by atoms with Crippen LogP contribution < -0.4 is 20.1 Å². The molecule has 1 amide bonds. The highest BCUT2D eigenvalue weighted by molar-refractivity contribution is 5.97. The number of ether oxygens (including phenoxy) is 2. The molecule has 0 radical (unpaired) electrons. The molecule has 2 rings (SSSR count). The predicted molar refractivity (Wildman–Crippen MR) is 90.1 cm³/mol. The number of hydrogen-bond donors (Lipinski definition) is 2. The van der Waals surface area contributed by atoms with Crippen LogP contribution in [0.1, 0.15) is 23.2 Å². The second-order valence-corrected chi connectivity index (χ2v) is 5.98. The Balaban J connectivity index is 0.00000392. The van der Waals surface area contributed by atoms with Crippen molar-refractivity contribution in [2.45, 2.75) is 31.2 Å². The Morgan fingerprint density at radius 3 is 2.32 bits per heavy atom. The molecule has 1 saturated heterocycles. The molecule has 1 heterocycles. The van der Waals surface area contributed by atoms with Crippen LogP contribution in [0.3, 0.4) is 0 Å². The summed E-state index contributed by atoms with van der Waals surface area (Å²) < 4.78 is 83.2. The lowest BCUT2D eigenvalue weighted by Gasteiger charge is -2.24. The maximum absolute atomic E-state index is 12.4. The minimum Gasteiger partial charge on any atom is -0.484 e. The van der Waals surface area contributed by atoms with Gasteiger partial charge in [0.15, 0.2) is 13.2 Å². The van der Waals surface area contributed by atoms with Crippen LogP contribution in [0.15, 0.2) is 18.2 Å². The maximum Gasteiger partial charge on any atom is 0.422 e. The van der Waals surface area contributed by atoms with Crippen molar-refractivity contribution >= 4 is 18.3 Å². The molecule has 1 unspecified atom stereocenters. The fraction of sp³-hybridized carbons (Fsp3) is 0.562. The topological polar surface area (TPSA) is 59.6 Å². The van der Waals surface area contributed by atoms with Crippen LogP contribution in [-0.4, -0.2) is 50.6 Å². The van der Waals surface area contributed by atoms with Gasteiger partial charge in [-0.1, -0.05) is 0 Å². The van der Waals surface area contributed by atoms with Gasteiger partial charge in [0.2, 0.25) is 0 Å². The molecule has 1 aliphatic heterocycles. The zero-order chi connectivity index (χ0) is 20.1. The molecule has 28 heavy (non-hydrogen) atoms. The highest BCUT2D eigenvalue weighted by atomic mass is 35.5. The van der Waals surface area contributed by atoms with Crippen LogP contribution in [0.5, 0.6) is 11.5 Å².